The van der Waals surface area contributed by atoms with E-state index in [1.54, 1.807) is 0 Å². The van der Waals surface area contributed by atoms with Crippen LogP contribution in [0.1, 0.15) is 55.8 Å². The summed E-state index contributed by atoms with van der Waals surface area (Å²) in [5, 5.41) is 0. The lowest BCUT2D eigenvalue weighted by Gasteiger charge is -1.98. The lowest BCUT2D eigenvalue weighted by atomic mass is 10.1. The monoisotopic (exact) mass is 281 g/mol. The van der Waals surface area contributed by atoms with Crippen molar-refractivity contribution in [2.24, 2.45) is 4.99 Å². The van der Waals surface area contributed by atoms with Gasteiger partial charge in [-0.3, -0.25) is 9.79 Å². The molecule has 0 fully saturated rings. The highest BCUT2D eigenvalue weighted by atomic mass is 35.5. The molecular weight excluding hydrogens is 258 g/mol. The molecule has 0 amide bonds. The van der Waals surface area contributed by atoms with Crippen molar-refractivity contribution in [2.75, 3.05) is 6.54 Å². The van der Waals surface area contributed by atoms with Crippen LogP contribution >= 0.6 is 12.4 Å². The van der Waals surface area contributed by atoms with Crippen LogP contribution in [0.3, 0.4) is 0 Å². The lowest BCUT2D eigenvalue weighted by molar-refractivity contribution is 0.0985. The van der Waals surface area contributed by atoms with Gasteiger partial charge in [0.1, 0.15) is 0 Å². The molecule has 1 aromatic carbocycles. The summed E-state index contributed by atoms with van der Waals surface area (Å²) in [6.45, 7) is 3.11. The van der Waals surface area contributed by atoms with E-state index in [9.17, 15) is 4.79 Å². The number of carbonyl (C=O) groups excluding carboxylic acids is 1. The maximum absolute atomic E-state index is 11.8. The number of carbonyl (C=O) groups is 1. The van der Waals surface area contributed by atoms with Crippen LogP contribution in [0.2, 0.25) is 0 Å². The molecular formula is C16H24ClNO. The average molecular weight is 282 g/mol. The Balaban J connectivity index is 0.00000324. The molecule has 106 valence electrons. The molecule has 0 spiro atoms. The number of halogens is 1. The van der Waals surface area contributed by atoms with Crippen molar-refractivity contribution in [3.05, 3.63) is 35.9 Å². The summed E-state index contributed by atoms with van der Waals surface area (Å²) in [4.78, 5) is 16.1. The van der Waals surface area contributed by atoms with Crippen LogP contribution in [0.5, 0.6) is 0 Å². The predicted octanol–water partition coefficient (Wildman–Crippen LogP) is 4.72. The molecule has 0 aliphatic heterocycles. The minimum atomic E-state index is 0. The third kappa shape index (κ3) is 8.55. The van der Waals surface area contributed by atoms with Crippen LogP contribution in [-0.4, -0.2) is 18.5 Å². The minimum Gasteiger partial charge on any atom is -0.298 e. The van der Waals surface area contributed by atoms with Gasteiger partial charge in [-0.1, -0.05) is 56.5 Å². The summed E-state index contributed by atoms with van der Waals surface area (Å²) in [6.07, 6.45) is 8.18. The van der Waals surface area contributed by atoms with Crippen LogP contribution in [0.25, 0.3) is 0 Å². The molecule has 0 radical (unpaired) electrons. The number of rotatable bonds is 9. The first-order valence-corrected chi connectivity index (χ1v) is 6.91. The minimum absolute atomic E-state index is 0. The molecule has 3 heteroatoms. The van der Waals surface area contributed by atoms with E-state index < -0.39 is 0 Å². The SMILES string of the molecule is CCCCCCN=CCCC(=O)c1ccccc1.Cl. The van der Waals surface area contributed by atoms with Gasteiger partial charge in [-0.05, 0) is 19.1 Å². The second-order valence-corrected chi connectivity index (χ2v) is 4.48. The van der Waals surface area contributed by atoms with Crippen LogP contribution in [0, 0.1) is 0 Å². The summed E-state index contributed by atoms with van der Waals surface area (Å²) >= 11 is 0. The fourth-order valence-electron chi connectivity index (χ4n) is 1.78. The van der Waals surface area contributed by atoms with E-state index in [1.807, 2.05) is 36.5 Å². The zero-order valence-electron chi connectivity index (χ0n) is 11.7. The fourth-order valence-corrected chi connectivity index (χ4v) is 1.78. The quantitative estimate of drug-likeness (QED) is 0.366. The van der Waals surface area contributed by atoms with Crippen molar-refractivity contribution in [3.63, 3.8) is 0 Å². The molecule has 0 unspecified atom stereocenters. The van der Waals surface area contributed by atoms with E-state index in [4.69, 9.17) is 0 Å². The summed E-state index contributed by atoms with van der Waals surface area (Å²) in [5.74, 6) is 0.202. The number of Topliss-reactive ketones (excluding diaryl/α,β-unsaturated/α-hetero) is 1. The molecule has 0 aromatic heterocycles. The standard InChI is InChI=1S/C16H23NO.ClH/c1-2-3-4-8-13-17-14-9-12-16(18)15-10-6-5-7-11-15;/h5-7,10-11,14H,2-4,8-9,12-13H2,1H3;1H. The number of hydrogen-bond donors (Lipinski definition) is 0. The van der Waals surface area contributed by atoms with Gasteiger partial charge in [0.15, 0.2) is 5.78 Å². The summed E-state index contributed by atoms with van der Waals surface area (Å²) in [7, 11) is 0. The van der Waals surface area contributed by atoms with Crippen molar-refractivity contribution in [1.29, 1.82) is 0 Å². The van der Waals surface area contributed by atoms with Crippen molar-refractivity contribution in [1.82, 2.24) is 0 Å². The van der Waals surface area contributed by atoms with Gasteiger partial charge in [-0.15, -0.1) is 12.4 Å². The predicted molar refractivity (Wildman–Crippen MR) is 84.8 cm³/mol. The second-order valence-electron chi connectivity index (χ2n) is 4.48. The molecule has 0 bridgehead atoms. The maximum Gasteiger partial charge on any atom is 0.163 e. The van der Waals surface area contributed by atoms with Crippen LogP contribution in [0.15, 0.2) is 35.3 Å². The molecule has 2 nitrogen and oxygen atoms in total. The van der Waals surface area contributed by atoms with E-state index in [0.29, 0.717) is 6.42 Å². The number of ketones is 1. The molecule has 0 saturated heterocycles. The third-order valence-electron chi connectivity index (χ3n) is 2.87. The van der Waals surface area contributed by atoms with E-state index in [-0.39, 0.29) is 18.2 Å². The van der Waals surface area contributed by atoms with Gasteiger partial charge in [-0.25, -0.2) is 0 Å². The number of nitrogens with zero attached hydrogens (tertiary/aromatic N) is 1. The van der Waals surface area contributed by atoms with Crippen LogP contribution < -0.4 is 0 Å². The molecule has 0 aliphatic carbocycles. The van der Waals surface area contributed by atoms with Gasteiger partial charge in [-0.2, -0.15) is 0 Å². The third-order valence-corrected chi connectivity index (χ3v) is 2.87. The Labute approximate surface area is 122 Å². The van der Waals surface area contributed by atoms with E-state index >= 15 is 0 Å². The van der Waals surface area contributed by atoms with Gasteiger partial charge in [0, 0.05) is 18.5 Å². The average Bonchev–Trinajstić information content (AvgIpc) is 2.42. The maximum atomic E-state index is 11.8. The van der Waals surface area contributed by atoms with Crippen molar-refractivity contribution >= 4 is 24.4 Å². The van der Waals surface area contributed by atoms with Crippen molar-refractivity contribution in [3.8, 4) is 0 Å². The van der Waals surface area contributed by atoms with Crippen LogP contribution in [-0.2, 0) is 0 Å². The van der Waals surface area contributed by atoms with Gasteiger partial charge >= 0.3 is 0 Å². The summed E-state index contributed by atoms with van der Waals surface area (Å²) < 4.78 is 0. The number of hydrogen-bond acceptors (Lipinski definition) is 2. The number of benzene rings is 1. The highest BCUT2D eigenvalue weighted by Gasteiger charge is 2.02. The molecule has 0 heterocycles. The lowest BCUT2D eigenvalue weighted by Crippen LogP contribution is -1.98. The zero-order valence-corrected chi connectivity index (χ0v) is 12.5. The smallest absolute Gasteiger partial charge is 0.163 e. The van der Waals surface area contributed by atoms with Gasteiger partial charge in [0.2, 0.25) is 0 Å². The molecule has 0 saturated carbocycles. The molecule has 19 heavy (non-hydrogen) atoms. The van der Waals surface area contributed by atoms with Gasteiger partial charge in [0.25, 0.3) is 0 Å². The number of aliphatic imine (C=N–C) groups is 1. The fraction of sp³-hybridized carbons (Fsp3) is 0.500. The Morgan fingerprint density at radius 3 is 2.58 bits per heavy atom. The molecule has 1 aromatic rings. The first-order valence-electron chi connectivity index (χ1n) is 6.91. The van der Waals surface area contributed by atoms with Crippen molar-refractivity contribution in [2.45, 2.75) is 45.4 Å². The van der Waals surface area contributed by atoms with Crippen LogP contribution in [0.4, 0.5) is 0 Å². The van der Waals surface area contributed by atoms with Gasteiger partial charge in [0.05, 0.1) is 0 Å². The highest BCUT2D eigenvalue weighted by molar-refractivity contribution is 5.96. The van der Waals surface area contributed by atoms with E-state index in [1.165, 1.54) is 19.3 Å². The topological polar surface area (TPSA) is 29.4 Å². The number of unbranched alkanes of at least 4 members (excludes halogenated alkanes) is 3. The Kier molecular flexibility index (Phi) is 11.2. The Hall–Kier alpha value is -1.15. The molecule has 0 N–H and O–H groups in total. The molecule has 0 atom stereocenters. The van der Waals surface area contributed by atoms with Gasteiger partial charge < -0.3 is 0 Å². The second kappa shape index (κ2) is 11.9. The van der Waals surface area contributed by atoms with E-state index in [2.05, 4.69) is 11.9 Å². The van der Waals surface area contributed by atoms with Crippen molar-refractivity contribution < 1.29 is 4.79 Å². The summed E-state index contributed by atoms with van der Waals surface area (Å²) in [6, 6.07) is 9.45. The highest BCUT2D eigenvalue weighted by Crippen LogP contribution is 2.04. The normalized spacial score (nSPS) is 10.4. The largest absolute Gasteiger partial charge is 0.298 e. The Morgan fingerprint density at radius 1 is 1.16 bits per heavy atom. The first-order chi connectivity index (χ1) is 8.84. The first kappa shape index (κ1) is 17.8. The Bertz CT molecular complexity index is 362. The summed E-state index contributed by atoms with van der Waals surface area (Å²) in [5.41, 5.74) is 0.800. The zero-order chi connectivity index (χ0) is 13.1. The Morgan fingerprint density at radius 2 is 1.89 bits per heavy atom. The molecule has 1 rings (SSSR count). The van der Waals surface area contributed by atoms with E-state index in [0.717, 1.165) is 24.9 Å². The molecule has 0 aliphatic rings.